The van der Waals surface area contributed by atoms with Gasteiger partial charge in [0.1, 0.15) is 5.75 Å². The summed E-state index contributed by atoms with van der Waals surface area (Å²) in [4.78, 5) is 0. The van der Waals surface area contributed by atoms with E-state index < -0.39 is 0 Å². The maximum atomic E-state index is 6.40. The van der Waals surface area contributed by atoms with Crippen LogP contribution >= 0.6 is 11.6 Å². The van der Waals surface area contributed by atoms with Gasteiger partial charge in [0, 0.05) is 5.03 Å². The second-order valence-electron chi connectivity index (χ2n) is 4.56. The molecule has 0 aliphatic heterocycles. The molecule has 2 aromatic carbocycles. The highest BCUT2D eigenvalue weighted by molar-refractivity contribution is 6.51. The fraction of sp³-hybridized carbons (Fsp3) is 0.222. The molecular weight excluding hydrogens is 300 g/mol. The Hall–Kier alpha value is -2.13. The summed E-state index contributed by atoms with van der Waals surface area (Å²) in [6.45, 7) is 2.61. The highest BCUT2D eigenvalue weighted by Gasteiger charge is 2.07. The van der Waals surface area contributed by atoms with E-state index in [1.807, 2.05) is 55.5 Å². The van der Waals surface area contributed by atoms with Crippen LogP contribution in [0.2, 0.25) is 0 Å². The molecule has 0 saturated carbocycles. The first-order valence-corrected chi connectivity index (χ1v) is 7.38. The van der Waals surface area contributed by atoms with Gasteiger partial charge in [-0.1, -0.05) is 23.7 Å². The van der Waals surface area contributed by atoms with Crippen molar-refractivity contribution in [2.75, 3.05) is 20.8 Å². The predicted molar refractivity (Wildman–Crippen MR) is 90.9 cm³/mol. The van der Waals surface area contributed by atoms with Crippen LogP contribution in [0, 0.1) is 0 Å². The number of halogens is 1. The van der Waals surface area contributed by atoms with Crippen LogP contribution in [0.5, 0.6) is 17.2 Å². The zero-order chi connectivity index (χ0) is 15.9. The summed E-state index contributed by atoms with van der Waals surface area (Å²) in [5.74, 6) is 2.18. The Kier molecular flexibility index (Phi) is 5.73. The minimum atomic E-state index is 0.630. The van der Waals surface area contributed by atoms with Gasteiger partial charge in [-0.2, -0.15) is 0 Å². The van der Waals surface area contributed by atoms with Crippen LogP contribution in [-0.4, -0.2) is 20.8 Å². The zero-order valence-corrected chi connectivity index (χ0v) is 13.7. The Labute approximate surface area is 136 Å². The van der Waals surface area contributed by atoms with Gasteiger partial charge in [0.15, 0.2) is 11.5 Å². The molecule has 0 N–H and O–H groups in total. The SMILES string of the molecule is CCOc1ccc(C=C(Cl)c2ccc(OC)c(OC)c2)cc1. The summed E-state index contributed by atoms with van der Waals surface area (Å²) in [6.07, 6.45) is 1.90. The minimum absolute atomic E-state index is 0.630. The van der Waals surface area contributed by atoms with Crippen LogP contribution in [0.25, 0.3) is 11.1 Å². The summed E-state index contributed by atoms with van der Waals surface area (Å²) in [5.41, 5.74) is 1.87. The van der Waals surface area contributed by atoms with Gasteiger partial charge >= 0.3 is 0 Å². The molecule has 0 aliphatic carbocycles. The van der Waals surface area contributed by atoms with Crippen LogP contribution in [0.4, 0.5) is 0 Å². The normalized spacial score (nSPS) is 11.2. The summed E-state index contributed by atoms with van der Waals surface area (Å²) in [5, 5.41) is 0.630. The first-order chi connectivity index (χ1) is 10.7. The van der Waals surface area contributed by atoms with E-state index in [9.17, 15) is 0 Å². The van der Waals surface area contributed by atoms with Gasteiger partial charge in [-0.25, -0.2) is 0 Å². The van der Waals surface area contributed by atoms with Crippen molar-refractivity contribution in [1.29, 1.82) is 0 Å². The average Bonchev–Trinajstić information content (AvgIpc) is 2.56. The van der Waals surface area contributed by atoms with Crippen molar-refractivity contribution in [1.82, 2.24) is 0 Å². The van der Waals surface area contributed by atoms with E-state index in [0.717, 1.165) is 16.9 Å². The van der Waals surface area contributed by atoms with E-state index >= 15 is 0 Å². The highest BCUT2D eigenvalue weighted by Crippen LogP contribution is 2.32. The van der Waals surface area contributed by atoms with Crippen molar-refractivity contribution in [3.63, 3.8) is 0 Å². The molecule has 22 heavy (non-hydrogen) atoms. The molecule has 0 heterocycles. The van der Waals surface area contributed by atoms with Gasteiger partial charge in [0.2, 0.25) is 0 Å². The van der Waals surface area contributed by atoms with Crippen LogP contribution in [0.15, 0.2) is 42.5 Å². The third-order valence-electron chi connectivity index (χ3n) is 3.14. The molecule has 0 aliphatic rings. The molecule has 0 aromatic heterocycles. The number of hydrogen-bond acceptors (Lipinski definition) is 3. The molecule has 0 saturated heterocycles. The van der Waals surface area contributed by atoms with Crippen molar-refractivity contribution < 1.29 is 14.2 Å². The van der Waals surface area contributed by atoms with E-state index in [0.29, 0.717) is 23.1 Å². The maximum Gasteiger partial charge on any atom is 0.161 e. The van der Waals surface area contributed by atoms with Gasteiger partial charge in [-0.15, -0.1) is 0 Å². The Bertz CT molecular complexity index is 648. The van der Waals surface area contributed by atoms with Crippen molar-refractivity contribution >= 4 is 22.7 Å². The Morgan fingerprint density at radius 3 is 2.27 bits per heavy atom. The number of rotatable bonds is 6. The second-order valence-corrected chi connectivity index (χ2v) is 4.97. The second kappa shape index (κ2) is 7.76. The predicted octanol–water partition coefficient (Wildman–Crippen LogP) is 4.84. The molecule has 0 radical (unpaired) electrons. The molecule has 0 spiro atoms. The van der Waals surface area contributed by atoms with Crippen molar-refractivity contribution in [2.24, 2.45) is 0 Å². The number of ether oxygens (including phenoxy) is 3. The molecule has 0 atom stereocenters. The van der Waals surface area contributed by atoms with Crippen molar-refractivity contribution in [3.8, 4) is 17.2 Å². The first kappa shape index (κ1) is 16.2. The summed E-state index contributed by atoms with van der Waals surface area (Å²) < 4.78 is 15.9. The van der Waals surface area contributed by atoms with Gasteiger partial charge in [0.25, 0.3) is 0 Å². The third kappa shape index (κ3) is 3.95. The summed E-state index contributed by atoms with van der Waals surface area (Å²) in [6, 6.07) is 13.4. The highest BCUT2D eigenvalue weighted by atomic mass is 35.5. The summed E-state index contributed by atoms with van der Waals surface area (Å²) >= 11 is 6.40. The first-order valence-electron chi connectivity index (χ1n) is 7.00. The molecule has 0 bridgehead atoms. The summed E-state index contributed by atoms with van der Waals surface area (Å²) in [7, 11) is 3.21. The molecule has 0 unspecified atom stereocenters. The topological polar surface area (TPSA) is 27.7 Å². The average molecular weight is 319 g/mol. The van der Waals surface area contributed by atoms with Crippen LogP contribution in [0.1, 0.15) is 18.1 Å². The van der Waals surface area contributed by atoms with E-state index in [4.69, 9.17) is 25.8 Å². The van der Waals surface area contributed by atoms with E-state index in [2.05, 4.69) is 0 Å². The van der Waals surface area contributed by atoms with Crippen LogP contribution in [-0.2, 0) is 0 Å². The van der Waals surface area contributed by atoms with Gasteiger partial charge in [0.05, 0.1) is 20.8 Å². The number of methoxy groups -OCH3 is 2. The lowest BCUT2D eigenvalue weighted by molar-refractivity contribution is 0.340. The molecule has 3 nitrogen and oxygen atoms in total. The molecule has 2 aromatic rings. The number of benzene rings is 2. The zero-order valence-electron chi connectivity index (χ0n) is 12.9. The molecular formula is C18H19ClO3. The molecule has 116 valence electrons. The minimum Gasteiger partial charge on any atom is -0.494 e. The van der Waals surface area contributed by atoms with E-state index in [-0.39, 0.29) is 0 Å². The van der Waals surface area contributed by atoms with E-state index in [1.54, 1.807) is 14.2 Å². The molecule has 0 amide bonds. The molecule has 2 rings (SSSR count). The standard InChI is InChI=1S/C18H19ClO3/c1-4-22-15-8-5-13(6-9-15)11-16(19)14-7-10-17(20-2)18(12-14)21-3/h5-12H,4H2,1-3H3. The van der Waals surface area contributed by atoms with Gasteiger partial charge in [-0.3, -0.25) is 0 Å². The lowest BCUT2D eigenvalue weighted by atomic mass is 10.1. The lowest BCUT2D eigenvalue weighted by Gasteiger charge is -2.09. The quantitative estimate of drug-likeness (QED) is 0.713. The lowest BCUT2D eigenvalue weighted by Crippen LogP contribution is -1.91. The Balaban J connectivity index is 2.24. The van der Waals surface area contributed by atoms with Crippen molar-refractivity contribution in [3.05, 3.63) is 53.6 Å². The van der Waals surface area contributed by atoms with Crippen molar-refractivity contribution in [2.45, 2.75) is 6.92 Å². The van der Waals surface area contributed by atoms with Crippen LogP contribution in [0.3, 0.4) is 0 Å². The fourth-order valence-corrected chi connectivity index (χ4v) is 2.28. The monoisotopic (exact) mass is 318 g/mol. The van der Waals surface area contributed by atoms with Crippen LogP contribution < -0.4 is 14.2 Å². The smallest absolute Gasteiger partial charge is 0.161 e. The van der Waals surface area contributed by atoms with E-state index in [1.165, 1.54) is 0 Å². The third-order valence-corrected chi connectivity index (χ3v) is 3.47. The Morgan fingerprint density at radius 1 is 1.00 bits per heavy atom. The Morgan fingerprint density at radius 2 is 1.68 bits per heavy atom. The van der Waals surface area contributed by atoms with Gasteiger partial charge < -0.3 is 14.2 Å². The van der Waals surface area contributed by atoms with Gasteiger partial charge in [-0.05, 0) is 54.5 Å². The fourth-order valence-electron chi connectivity index (χ4n) is 2.04. The maximum absolute atomic E-state index is 6.40. The largest absolute Gasteiger partial charge is 0.494 e. The molecule has 4 heteroatoms. The molecule has 0 fully saturated rings. The number of hydrogen-bond donors (Lipinski definition) is 0.